The van der Waals surface area contributed by atoms with Crippen LogP contribution >= 0.6 is 0 Å². The van der Waals surface area contributed by atoms with Crippen molar-refractivity contribution < 1.29 is 28.7 Å². The molecule has 4 amide bonds. The smallest absolute Gasteiger partial charge is 0.312 e. The summed E-state index contributed by atoms with van der Waals surface area (Å²) in [7, 11) is 0. The van der Waals surface area contributed by atoms with Crippen molar-refractivity contribution in [2.45, 2.75) is 60.4 Å². The molecule has 2 heterocycles. The first-order chi connectivity index (χ1) is 15.1. The zero-order valence-corrected chi connectivity index (χ0v) is 19.5. The van der Waals surface area contributed by atoms with Gasteiger partial charge in [0, 0.05) is 18.7 Å². The van der Waals surface area contributed by atoms with Gasteiger partial charge < -0.3 is 10.1 Å². The number of likely N-dealkylation sites (tertiary alicyclic amines) is 1. The molecule has 0 bridgehead atoms. The van der Waals surface area contributed by atoms with E-state index >= 15 is 0 Å². The SMILES string of the molecule is CC.CCNc1cccc2c1C(=O)N(C1CCC(=O)N(COC(=O)C(C)(C)C)C1=O)C2=O. The highest BCUT2D eigenvalue weighted by atomic mass is 16.5. The maximum absolute atomic E-state index is 13.1. The molecule has 0 radical (unpaired) electrons. The Morgan fingerprint density at radius 3 is 2.38 bits per heavy atom. The first-order valence-electron chi connectivity index (χ1n) is 10.8. The fraction of sp³-hybridized carbons (Fsp3) is 0.522. The summed E-state index contributed by atoms with van der Waals surface area (Å²) in [5.41, 5.74) is 0.159. The number of ether oxygens (including phenoxy) is 1. The Balaban J connectivity index is 0.00000176. The number of hydrogen-bond donors (Lipinski definition) is 1. The van der Waals surface area contributed by atoms with E-state index in [1.165, 1.54) is 6.07 Å². The molecule has 0 aliphatic carbocycles. The number of fused-ring (bicyclic) bond motifs is 1. The number of esters is 1. The standard InChI is InChI=1S/C21H25N3O6.C2H6/c1-5-22-13-8-6-7-12-16(13)19(28)24(17(12)26)14-9-10-15(25)23(18(14)27)11-30-20(29)21(2,3)4;1-2/h6-8,14,22H,5,9-11H2,1-4H3;1-2H3. The summed E-state index contributed by atoms with van der Waals surface area (Å²) in [6, 6.07) is 3.77. The predicted octanol–water partition coefficient (Wildman–Crippen LogP) is 2.81. The molecule has 1 fully saturated rings. The number of amides is 4. The minimum absolute atomic E-state index is 0.0311. The molecular weight excluding hydrogens is 414 g/mol. The fourth-order valence-electron chi connectivity index (χ4n) is 3.46. The highest BCUT2D eigenvalue weighted by Gasteiger charge is 2.48. The van der Waals surface area contributed by atoms with Gasteiger partial charge in [-0.25, -0.2) is 4.90 Å². The molecule has 1 aromatic rings. The van der Waals surface area contributed by atoms with Crippen LogP contribution in [-0.4, -0.2) is 58.7 Å². The van der Waals surface area contributed by atoms with E-state index in [2.05, 4.69) is 5.32 Å². The number of piperidine rings is 1. The van der Waals surface area contributed by atoms with Gasteiger partial charge in [0.1, 0.15) is 6.04 Å². The number of rotatable bonds is 5. The minimum Gasteiger partial charge on any atom is -0.443 e. The van der Waals surface area contributed by atoms with Gasteiger partial charge in [0.05, 0.1) is 16.5 Å². The number of nitrogens with one attached hydrogen (secondary N) is 1. The molecule has 9 nitrogen and oxygen atoms in total. The lowest BCUT2D eigenvalue weighted by Crippen LogP contribution is -2.56. The number of anilines is 1. The van der Waals surface area contributed by atoms with E-state index in [1.54, 1.807) is 32.9 Å². The van der Waals surface area contributed by atoms with Gasteiger partial charge in [-0.2, -0.15) is 0 Å². The second kappa shape index (κ2) is 9.93. The monoisotopic (exact) mass is 445 g/mol. The van der Waals surface area contributed by atoms with E-state index in [9.17, 15) is 24.0 Å². The van der Waals surface area contributed by atoms with Crippen LogP contribution in [-0.2, 0) is 19.1 Å². The molecule has 174 valence electrons. The number of nitrogens with zero attached hydrogens (tertiary/aromatic N) is 2. The number of hydrogen-bond acceptors (Lipinski definition) is 7. The molecule has 9 heteroatoms. The van der Waals surface area contributed by atoms with Crippen LogP contribution in [0.15, 0.2) is 18.2 Å². The fourth-order valence-corrected chi connectivity index (χ4v) is 3.46. The minimum atomic E-state index is -1.13. The summed E-state index contributed by atoms with van der Waals surface area (Å²) in [4.78, 5) is 65.0. The quantitative estimate of drug-likeness (QED) is 0.548. The lowest BCUT2D eigenvalue weighted by atomic mass is 9.97. The molecule has 1 unspecified atom stereocenters. The lowest BCUT2D eigenvalue weighted by molar-refractivity contribution is -0.168. The molecule has 32 heavy (non-hydrogen) atoms. The van der Waals surface area contributed by atoms with E-state index in [1.807, 2.05) is 20.8 Å². The van der Waals surface area contributed by atoms with Crippen molar-refractivity contribution in [3.8, 4) is 0 Å². The summed E-state index contributed by atoms with van der Waals surface area (Å²) in [5, 5.41) is 3.05. The molecule has 1 aromatic carbocycles. The maximum Gasteiger partial charge on any atom is 0.312 e. The van der Waals surface area contributed by atoms with Crippen molar-refractivity contribution in [2.24, 2.45) is 5.41 Å². The second-order valence-corrected chi connectivity index (χ2v) is 8.26. The van der Waals surface area contributed by atoms with Crippen molar-refractivity contribution in [3.63, 3.8) is 0 Å². The van der Waals surface area contributed by atoms with Gasteiger partial charge in [-0.15, -0.1) is 0 Å². The molecule has 2 aliphatic rings. The van der Waals surface area contributed by atoms with Gasteiger partial charge in [0.25, 0.3) is 17.7 Å². The third-order valence-corrected chi connectivity index (χ3v) is 5.05. The molecule has 0 aromatic heterocycles. The van der Waals surface area contributed by atoms with Crippen LogP contribution in [0.5, 0.6) is 0 Å². The highest BCUT2D eigenvalue weighted by Crippen LogP contribution is 2.33. The first kappa shape index (κ1) is 25.0. The van der Waals surface area contributed by atoms with E-state index in [0.29, 0.717) is 12.2 Å². The summed E-state index contributed by atoms with van der Waals surface area (Å²) in [6.07, 6.45) is -0.0136. The van der Waals surface area contributed by atoms with Gasteiger partial charge in [-0.05, 0) is 46.2 Å². The largest absolute Gasteiger partial charge is 0.443 e. The van der Waals surface area contributed by atoms with E-state index in [0.717, 1.165) is 9.80 Å². The highest BCUT2D eigenvalue weighted by molar-refractivity contribution is 6.25. The average Bonchev–Trinajstić information content (AvgIpc) is 3.00. The summed E-state index contributed by atoms with van der Waals surface area (Å²) < 4.78 is 5.11. The van der Waals surface area contributed by atoms with Gasteiger partial charge in [-0.1, -0.05) is 19.9 Å². The van der Waals surface area contributed by atoms with Gasteiger partial charge in [-0.3, -0.25) is 28.9 Å². The number of carbonyl (C=O) groups is 5. The Morgan fingerprint density at radius 1 is 1.12 bits per heavy atom. The predicted molar refractivity (Wildman–Crippen MR) is 118 cm³/mol. The van der Waals surface area contributed by atoms with E-state index < -0.39 is 47.8 Å². The molecule has 2 aliphatic heterocycles. The van der Waals surface area contributed by atoms with Crippen molar-refractivity contribution in [2.75, 3.05) is 18.6 Å². The number of carbonyl (C=O) groups excluding carboxylic acids is 5. The topological polar surface area (TPSA) is 113 Å². The van der Waals surface area contributed by atoms with E-state index in [4.69, 9.17) is 4.74 Å². The number of benzene rings is 1. The van der Waals surface area contributed by atoms with Crippen LogP contribution in [0.3, 0.4) is 0 Å². The van der Waals surface area contributed by atoms with Crippen molar-refractivity contribution in [1.29, 1.82) is 0 Å². The Kier molecular flexibility index (Phi) is 7.77. The molecule has 1 saturated heterocycles. The third kappa shape index (κ3) is 4.66. The van der Waals surface area contributed by atoms with Gasteiger partial charge in [0.2, 0.25) is 5.91 Å². The first-order valence-corrected chi connectivity index (χ1v) is 10.8. The third-order valence-electron chi connectivity index (χ3n) is 5.05. The zero-order chi connectivity index (χ0) is 24.2. The van der Waals surface area contributed by atoms with Crippen LogP contribution in [0.4, 0.5) is 5.69 Å². The van der Waals surface area contributed by atoms with Gasteiger partial charge in [0.15, 0.2) is 6.73 Å². The maximum atomic E-state index is 13.1. The molecule has 3 rings (SSSR count). The Bertz CT molecular complexity index is 934. The molecule has 1 N–H and O–H groups in total. The number of imide groups is 2. The lowest BCUT2D eigenvalue weighted by Gasteiger charge is -2.34. The normalized spacial score (nSPS) is 18.2. The van der Waals surface area contributed by atoms with Crippen LogP contribution in [0.2, 0.25) is 0 Å². The summed E-state index contributed by atoms with van der Waals surface area (Å²) in [5.74, 6) is -2.96. The zero-order valence-electron chi connectivity index (χ0n) is 19.5. The van der Waals surface area contributed by atoms with Crippen molar-refractivity contribution in [1.82, 2.24) is 9.80 Å². The Labute approximate surface area is 188 Å². The van der Waals surface area contributed by atoms with Crippen molar-refractivity contribution >= 4 is 35.3 Å². The molecule has 0 saturated carbocycles. The second-order valence-electron chi connectivity index (χ2n) is 8.26. The van der Waals surface area contributed by atoms with Crippen LogP contribution in [0, 0.1) is 5.41 Å². The Morgan fingerprint density at radius 2 is 1.78 bits per heavy atom. The van der Waals surface area contributed by atoms with Crippen LogP contribution in [0.1, 0.15) is 75.1 Å². The van der Waals surface area contributed by atoms with Crippen molar-refractivity contribution in [3.05, 3.63) is 29.3 Å². The Hall–Kier alpha value is -3.23. The molecule has 0 spiro atoms. The summed E-state index contributed by atoms with van der Waals surface area (Å²) in [6.45, 7) is 10.8. The molecular formula is C23H31N3O6. The van der Waals surface area contributed by atoms with Gasteiger partial charge >= 0.3 is 5.97 Å². The molecule has 1 atom stereocenters. The van der Waals surface area contributed by atoms with E-state index in [-0.39, 0.29) is 24.0 Å². The van der Waals surface area contributed by atoms with Crippen LogP contribution < -0.4 is 5.32 Å². The summed E-state index contributed by atoms with van der Waals surface area (Å²) >= 11 is 0. The van der Waals surface area contributed by atoms with Crippen LogP contribution in [0.25, 0.3) is 0 Å². The average molecular weight is 446 g/mol.